The van der Waals surface area contributed by atoms with E-state index >= 15 is 0 Å². The van der Waals surface area contributed by atoms with Gasteiger partial charge in [-0.1, -0.05) is 25.6 Å². The highest BCUT2D eigenvalue weighted by Crippen LogP contribution is 2.28. The Kier molecular flexibility index (Phi) is 8.31. The summed E-state index contributed by atoms with van der Waals surface area (Å²) in [6.07, 6.45) is 2.23. The fourth-order valence-corrected chi connectivity index (χ4v) is 3.21. The standard InChI is InChI=1S/C19H25N3O5S/c1-4-26-15-9-13(5-6-14(15)27-8-7-12(2)3)11-20-22-19-21-18(25)16(28-19)10-17(23)24/h5-6,9,11-12,16H,4,7-8,10H2,1-3H3,(H,23,24)(H,21,22,25). The number of amides is 1. The average Bonchev–Trinajstić information content (AvgIpc) is 2.95. The number of carbonyl (C=O) groups excluding carboxylic acids is 1. The Labute approximate surface area is 168 Å². The molecule has 0 spiro atoms. The third kappa shape index (κ3) is 6.88. The van der Waals surface area contributed by atoms with Gasteiger partial charge in [0.2, 0.25) is 5.91 Å². The Morgan fingerprint density at radius 3 is 2.82 bits per heavy atom. The third-order valence-electron chi connectivity index (χ3n) is 3.71. The molecule has 0 aliphatic carbocycles. The predicted octanol–water partition coefficient (Wildman–Crippen LogP) is 2.91. The number of nitrogens with one attached hydrogen (secondary N) is 1. The van der Waals surface area contributed by atoms with E-state index in [9.17, 15) is 9.59 Å². The van der Waals surface area contributed by atoms with Crippen LogP contribution in [0.3, 0.4) is 0 Å². The number of benzene rings is 1. The first-order valence-electron chi connectivity index (χ1n) is 9.09. The fraction of sp³-hybridized carbons (Fsp3) is 0.474. The lowest BCUT2D eigenvalue weighted by atomic mass is 10.1. The van der Waals surface area contributed by atoms with Gasteiger partial charge >= 0.3 is 5.97 Å². The van der Waals surface area contributed by atoms with Crippen molar-refractivity contribution >= 4 is 35.0 Å². The maximum atomic E-state index is 11.7. The Hall–Kier alpha value is -2.55. The van der Waals surface area contributed by atoms with Gasteiger partial charge in [-0.15, -0.1) is 5.10 Å². The van der Waals surface area contributed by atoms with Crippen molar-refractivity contribution in [3.05, 3.63) is 23.8 Å². The van der Waals surface area contributed by atoms with Crippen LogP contribution in [-0.2, 0) is 9.59 Å². The number of nitrogens with zero attached hydrogens (tertiary/aromatic N) is 2. The summed E-state index contributed by atoms with van der Waals surface area (Å²) < 4.78 is 11.4. The van der Waals surface area contributed by atoms with Gasteiger partial charge in [0.15, 0.2) is 16.7 Å². The van der Waals surface area contributed by atoms with Crippen molar-refractivity contribution in [1.82, 2.24) is 5.32 Å². The van der Waals surface area contributed by atoms with Crippen LogP contribution < -0.4 is 14.8 Å². The first kappa shape index (κ1) is 21.7. The topological polar surface area (TPSA) is 110 Å². The van der Waals surface area contributed by atoms with Crippen LogP contribution >= 0.6 is 11.8 Å². The summed E-state index contributed by atoms with van der Waals surface area (Å²) in [6.45, 7) is 7.31. The van der Waals surface area contributed by atoms with Gasteiger partial charge < -0.3 is 19.9 Å². The molecule has 2 rings (SSSR count). The minimum atomic E-state index is -1.03. The summed E-state index contributed by atoms with van der Waals surface area (Å²) in [6, 6.07) is 5.48. The lowest BCUT2D eigenvalue weighted by Crippen LogP contribution is -2.26. The van der Waals surface area contributed by atoms with Crippen LogP contribution in [0, 0.1) is 5.92 Å². The maximum Gasteiger partial charge on any atom is 0.305 e. The summed E-state index contributed by atoms with van der Waals surface area (Å²) in [5, 5.41) is 18.8. The molecule has 8 nitrogen and oxygen atoms in total. The van der Waals surface area contributed by atoms with Gasteiger partial charge in [-0.2, -0.15) is 5.10 Å². The summed E-state index contributed by atoms with van der Waals surface area (Å²) in [5.41, 5.74) is 0.764. The van der Waals surface area contributed by atoms with Crippen molar-refractivity contribution in [3.8, 4) is 11.5 Å². The molecule has 1 heterocycles. The summed E-state index contributed by atoms with van der Waals surface area (Å²) in [7, 11) is 0. The molecule has 1 amide bonds. The highest BCUT2D eigenvalue weighted by atomic mass is 32.2. The molecule has 2 N–H and O–H groups in total. The number of carbonyl (C=O) groups is 2. The van der Waals surface area contributed by atoms with E-state index in [4.69, 9.17) is 14.6 Å². The Morgan fingerprint density at radius 2 is 2.14 bits per heavy atom. The van der Waals surface area contributed by atoms with E-state index in [2.05, 4.69) is 29.4 Å². The zero-order chi connectivity index (χ0) is 20.5. The average molecular weight is 407 g/mol. The van der Waals surface area contributed by atoms with Gasteiger partial charge in [0.05, 0.1) is 25.8 Å². The monoisotopic (exact) mass is 407 g/mol. The van der Waals surface area contributed by atoms with Gasteiger partial charge in [0.1, 0.15) is 5.25 Å². The summed E-state index contributed by atoms with van der Waals surface area (Å²) in [5.74, 6) is 0.471. The van der Waals surface area contributed by atoms with Gasteiger partial charge in [-0.3, -0.25) is 9.59 Å². The minimum absolute atomic E-state index is 0.255. The molecule has 0 saturated carbocycles. The molecule has 1 aliphatic rings. The van der Waals surface area contributed by atoms with Crippen LogP contribution in [0.1, 0.15) is 39.2 Å². The fourth-order valence-electron chi connectivity index (χ4n) is 2.29. The van der Waals surface area contributed by atoms with E-state index in [-0.39, 0.29) is 17.5 Å². The third-order valence-corrected chi connectivity index (χ3v) is 4.78. The van der Waals surface area contributed by atoms with Crippen molar-refractivity contribution in [3.63, 3.8) is 0 Å². The molecule has 1 saturated heterocycles. The molecule has 1 fully saturated rings. The van der Waals surface area contributed by atoms with Crippen LogP contribution in [-0.4, -0.2) is 46.8 Å². The van der Waals surface area contributed by atoms with E-state index in [1.54, 1.807) is 0 Å². The van der Waals surface area contributed by atoms with E-state index in [0.29, 0.717) is 30.6 Å². The van der Waals surface area contributed by atoms with E-state index in [1.807, 2.05) is 25.1 Å². The van der Waals surface area contributed by atoms with E-state index in [1.165, 1.54) is 6.21 Å². The molecule has 0 radical (unpaired) electrons. The van der Waals surface area contributed by atoms with E-state index < -0.39 is 11.2 Å². The number of aliphatic carboxylic acids is 1. The SMILES string of the molecule is CCOc1cc(C=NN=C2NC(=O)C(CC(=O)O)S2)ccc1OCCC(C)C. The van der Waals surface area contributed by atoms with Gasteiger partial charge in [0, 0.05) is 0 Å². The molecule has 1 aromatic carbocycles. The largest absolute Gasteiger partial charge is 0.490 e. The molecule has 1 unspecified atom stereocenters. The van der Waals surface area contributed by atoms with Gasteiger partial charge in [-0.05, 0) is 43.0 Å². The van der Waals surface area contributed by atoms with Crippen molar-refractivity contribution < 1.29 is 24.2 Å². The molecule has 9 heteroatoms. The lowest BCUT2D eigenvalue weighted by molar-refractivity contribution is -0.138. The molecular weight excluding hydrogens is 382 g/mol. The number of ether oxygens (including phenoxy) is 2. The van der Waals surface area contributed by atoms with Crippen molar-refractivity contribution in [1.29, 1.82) is 0 Å². The molecule has 1 aliphatic heterocycles. The Bertz CT molecular complexity index is 764. The van der Waals surface area contributed by atoms with Crippen LogP contribution in [0.5, 0.6) is 11.5 Å². The zero-order valence-corrected chi connectivity index (χ0v) is 17.0. The number of amidine groups is 1. The number of hydrogen-bond donors (Lipinski definition) is 2. The molecule has 28 heavy (non-hydrogen) atoms. The zero-order valence-electron chi connectivity index (χ0n) is 16.2. The highest BCUT2D eigenvalue weighted by molar-refractivity contribution is 8.15. The number of carboxylic acids is 1. The van der Waals surface area contributed by atoms with Crippen LogP contribution in [0.25, 0.3) is 0 Å². The minimum Gasteiger partial charge on any atom is -0.490 e. The normalized spacial score (nSPS) is 18.1. The predicted molar refractivity (Wildman–Crippen MR) is 109 cm³/mol. The van der Waals surface area contributed by atoms with Crippen LogP contribution in [0.15, 0.2) is 28.4 Å². The number of rotatable bonds is 10. The number of thioether (sulfide) groups is 1. The smallest absolute Gasteiger partial charge is 0.305 e. The van der Waals surface area contributed by atoms with Crippen molar-refractivity contribution in [2.75, 3.05) is 13.2 Å². The Morgan fingerprint density at radius 1 is 1.36 bits per heavy atom. The number of carboxylic acid groups (broad SMARTS) is 1. The van der Waals surface area contributed by atoms with Gasteiger partial charge in [0.25, 0.3) is 0 Å². The summed E-state index contributed by atoms with van der Waals surface area (Å²) >= 11 is 1.06. The first-order valence-corrected chi connectivity index (χ1v) is 9.97. The molecule has 0 aromatic heterocycles. The molecular formula is C19H25N3O5S. The second-order valence-corrected chi connectivity index (χ2v) is 7.70. The molecule has 152 valence electrons. The molecule has 1 atom stereocenters. The Balaban J connectivity index is 2.02. The highest BCUT2D eigenvalue weighted by Gasteiger charge is 2.32. The quantitative estimate of drug-likeness (QED) is 0.456. The number of hydrogen-bond acceptors (Lipinski definition) is 7. The van der Waals surface area contributed by atoms with Crippen molar-refractivity contribution in [2.24, 2.45) is 16.1 Å². The second kappa shape index (κ2) is 10.7. The maximum absolute atomic E-state index is 11.7. The lowest BCUT2D eigenvalue weighted by Gasteiger charge is -2.13. The van der Waals surface area contributed by atoms with Crippen molar-refractivity contribution in [2.45, 2.75) is 38.9 Å². The molecule has 1 aromatic rings. The van der Waals surface area contributed by atoms with E-state index in [0.717, 1.165) is 23.7 Å². The summed E-state index contributed by atoms with van der Waals surface area (Å²) in [4.78, 5) is 22.4. The first-order chi connectivity index (χ1) is 13.4. The van der Waals surface area contributed by atoms with Crippen LogP contribution in [0.4, 0.5) is 0 Å². The molecule has 0 bridgehead atoms. The van der Waals surface area contributed by atoms with Gasteiger partial charge in [-0.25, -0.2) is 0 Å². The van der Waals surface area contributed by atoms with Crippen LogP contribution in [0.2, 0.25) is 0 Å². The second-order valence-electron chi connectivity index (χ2n) is 6.51.